The molecule has 3 heteroatoms. The second-order valence-electron chi connectivity index (χ2n) is 5.56. The lowest BCUT2D eigenvalue weighted by molar-refractivity contribution is 0.505. The zero-order valence-corrected chi connectivity index (χ0v) is 11.6. The van der Waals surface area contributed by atoms with E-state index < -0.39 is 0 Å². The van der Waals surface area contributed by atoms with Gasteiger partial charge in [0, 0.05) is 16.0 Å². The normalized spacial score (nSPS) is 12.8. The fraction of sp³-hybridized carbons (Fsp3) is 0.538. The second kappa shape index (κ2) is 4.68. The smallest absolute Gasteiger partial charge is 0.0475 e. The molecular weight excluding hydrogens is 216 g/mol. The molecule has 0 aliphatic carbocycles. The quantitative estimate of drug-likeness (QED) is 0.625. The molecule has 0 spiro atoms. The molecule has 90 valence electrons. The van der Waals surface area contributed by atoms with E-state index in [0.717, 1.165) is 5.69 Å². The highest BCUT2D eigenvalue weighted by Gasteiger charge is 2.23. The molecule has 0 saturated carbocycles. The summed E-state index contributed by atoms with van der Waals surface area (Å²) in [6.07, 6.45) is 0. The van der Waals surface area contributed by atoms with E-state index in [4.69, 9.17) is 5.73 Å². The van der Waals surface area contributed by atoms with Gasteiger partial charge in [-0.2, -0.15) is 0 Å². The lowest BCUT2D eigenvalue weighted by Gasteiger charge is -2.30. The van der Waals surface area contributed by atoms with Crippen molar-refractivity contribution >= 4 is 17.6 Å². The average molecular weight is 238 g/mol. The molecule has 0 heterocycles. The molecule has 0 aliphatic rings. The largest absolute Gasteiger partial charge is 0.399 e. The van der Waals surface area contributed by atoms with E-state index in [1.54, 1.807) is 11.9 Å². The van der Waals surface area contributed by atoms with E-state index in [0.29, 0.717) is 0 Å². The van der Waals surface area contributed by atoms with Gasteiger partial charge in [-0.25, -0.2) is 0 Å². The molecular formula is C13H22N2S. The number of benzene rings is 1. The third-order valence-corrected chi connectivity index (χ3v) is 3.47. The molecule has 1 aromatic rings. The summed E-state index contributed by atoms with van der Waals surface area (Å²) in [5.41, 5.74) is 7.69. The van der Waals surface area contributed by atoms with Crippen LogP contribution in [0.2, 0.25) is 0 Å². The van der Waals surface area contributed by atoms with Crippen molar-refractivity contribution in [2.45, 2.75) is 44.9 Å². The van der Waals surface area contributed by atoms with Crippen molar-refractivity contribution in [3.63, 3.8) is 0 Å². The molecule has 0 bridgehead atoms. The Morgan fingerprint density at radius 2 is 1.50 bits per heavy atom. The van der Waals surface area contributed by atoms with E-state index in [9.17, 15) is 0 Å². The third-order valence-electron chi connectivity index (χ3n) is 2.24. The number of nitrogens with two attached hydrogens (primary N) is 1. The molecule has 0 fully saturated rings. The SMILES string of the molecule is CC(C)(C)SNC(C)(C)c1ccc(N)cc1. The monoisotopic (exact) mass is 238 g/mol. The molecule has 0 aromatic heterocycles. The van der Waals surface area contributed by atoms with Crippen LogP contribution in [-0.2, 0) is 5.54 Å². The lowest BCUT2D eigenvalue weighted by Crippen LogP contribution is -2.34. The second-order valence-corrected chi connectivity index (χ2v) is 7.20. The van der Waals surface area contributed by atoms with E-state index in [-0.39, 0.29) is 10.3 Å². The minimum Gasteiger partial charge on any atom is -0.399 e. The molecule has 2 nitrogen and oxygen atoms in total. The fourth-order valence-electron chi connectivity index (χ4n) is 1.24. The summed E-state index contributed by atoms with van der Waals surface area (Å²) in [4.78, 5) is 0. The van der Waals surface area contributed by atoms with Crippen molar-refractivity contribution in [2.24, 2.45) is 0 Å². The number of hydrogen-bond acceptors (Lipinski definition) is 3. The van der Waals surface area contributed by atoms with Gasteiger partial charge >= 0.3 is 0 Å². The first-order chi connectivity index (χ1) is 7.21. The predicted molar refractivity (Wildman–Crippen MR) is 74.4 cm³/mol. The van der Waals surface area contributed by atoms with Gasteiger partial charge in [0.15, 0.2) is 0 Å². The summed E-state index contributed by atoms with van der Waals surface area (Å²) in [7, 11) is 0. The van der Waals surface area contributed by atoms with Crippen LogP contribution in [0.1, 0.15) is 40.2 Å². The minimum absolute atomic E-state index is 0.0500. The number of anilines is 1. The summed E-state index contributed by atoms with van der Waals surface area (Å²) >= 11 is 1.76. The molecule has 0 unspecified atom stereocenters. The predicted octanol–water partition coefficient (Wildman–Crippen LogP) is 3.54. The highest BCUT2D eigenvalue weighted by molar-refractivity contribution is 7.98. The maximum Gasteiger partial charge on any atom is 0.0475 e. The van der Waals surface area contributed by atoms with Crippen LogP contribution >= 0.6 is 11.9 Å². The first-order valence-electron chi connectivity index (χ1n) is 5.52. The summed E-state index contributed by atoms with van der Waals surface area (Å²) in [5, 5.41) is 0. The Balaban J connectivity index is 2.73. The van der Waals surface area contributed by atoms with Gasteiger partial charge in [0.2, 0.25) is 0 Å². The highest BCUT2D eigenvalue weighted by Crippen LogP contribution is 2.28. The summed E-state index contributed by atoms with van der Waals surface area (Å²) in [6.45, 7) is 11.0. The van der Waals surface area contributed by atoms with Crippen LogP contribution in [0.4, 0.5) is 5.69 Å². The number of hydrogen-bond donors (Lipinski definition) is 2. The van der Waals surface area contributed by atoms with Crippen molar-refractivity contribution in [3.05, 3.63) is 29.8 Å². The van der Waals surface area contributed by atoms with Gasteiger partial charge < -0.3 is 5.73 Å². The van der Waals surface area contributed by atoms with Crippen molar-refractivity contribution < 1.29 is 0 Å². The molecule has 3 N–H and O–H groups in total. The Labute approximate surface area is 103 Å². The molecule has 0 atom stereocenters. The maximum atomic E-state index is 5.69. The Hall–Kier alpha value is -0.670. The Morgan fingerprint density at radius 1 is 1.00 bits per heavy atom. The summed E-state index contributed by atoms with van der Waals surface area (Å²) in [5.74, 6) is 0. The Bertz CT molecular complexity index is 336. The van der Waals surface area contributed by atoms with Crippen molar-refractivity contribution in [3.8, 4) is 0 Å². The van der Waals surface area contributed by atoms with Crippen LogP contribution < -0.4 is 10.5 Å². The Morgan fingerprint density at radius 3 is 1.94 bits per heavy atom. The highest BCUT2D eigenvalue weighted by atomic mass is 32.2. The zero-order valence-electron chi connectivity index (χ0n) is 10.8. The van der Waals surface area contributed by atoms with Gasteiger partial charge in [0.1, 0.15) is 0 Å². The van der Waals surface area contributed by atoms with E-state index in [2.05, 4.69) is 51.5 Å². The van der Waals surface area contributed by atoms with Gasteiger partial charge in [0.25, 0.3) is 0 Å². The van der Waals surface area contributed by atoms with Gasteiger partial charge in [-0.3, -0.25) is 4.72 Å². The summed E-state index contributed by atoms with van der Waals surface area (Å²) in [6, 6.07) is 8.04. The Kier molecular flexibility index (Phi) is 3.92. The number of nitrogen functional groups attached to an aromatic ring is 1. The number of rotatable bonds is 3. The van der Waals surface area contributed by atoms with Crippen LogP contribution in [0.5, 0.6) is 0 Å². The van der Waals surface area contributed by atoms with Gasteiger partial charge in [-0.15, -0.1) is 0 Å². The first kappa shape index (κ1) is 13.4. The van der Waals surface area contributed by atoms with Crippen LogP contribution in [0, 0.1) is 0 Å². The van der Waals surface area contributed by atoms with Gasteiger partial charge in [-0.05, 0) is 52.3 Å². The molecule has 0 radical (unpaired) electrons. The van der Waals surface area contributed by atoms with Gasteiger partial charge in [-0.1, -0.05) is 24.1 Å². The summed E-state index contributed by atoms with van der Waals surface area (Å²) < 4.78 is 3.72. The molecule has 0 amide bonds. The van der Waals surface area contributed by atoms with Crippen molar-refractivity contribution in [1.82, 2.24) is 4.72 Å². The molecule has 16 heavy (non-hydrogen) atoms. The molecule has 1 rings (SSSR count). The third kappa shape index (κ3) is 4.06. The maximum absolute atomic E-state index is 5.69. The fourth-order valence-corrected chi connectivity index (χ4v) is 1.92. The van der Waals surface area contributed by atoms with Crippen LogP contribution in [0.25, 0.3) is 0 Å². The first-order valence-corrected chi connectivity index (χ1v) is 6.33. The molecule has 0 aliphatic heterocycles. The number of nitrogens with one attached hydrogen (secondary N) is 1. The lowest BCUT2D eigenvalue weighted by atomic mass is 9.96. The van der Waals surface area contributed by atoms with Crippen LogP contribution in [0.3, 0.4) is 0 Å². The minimum atomic E-state index is -0.0500. The van der Waals surface area contributed by atoms with Gasteiger partial charge in [0.05, 0.1) is 0 Å². The van der Waals surface area contributed by atoms with E-state index in [1.807, 2.05) is 12.1 Å². The molecule has 0 saturated heterocycles. The van der Waals surface area contributed by atoms with Crippen molar-refractivity contribution in [1.29, 1.82) is 0 Å². The standard InChI is InChI=1S/C13H22N2S/c1-12(2,3)16-15-13(4,5)10-6-8-11(14)9-7-10/h6-9,15H,14H2,1-5H3. The molecule has 1 aromatic carbocycles. The average Bonchev–Trinajstić information content (AvgIpc) is 2.15. The zero-order chi connectivity index (χ0) is 12.4. The topological polar surface area (TPSA) is 38.0 Å². The van der Waals surface area contributed by atoms with Crippen LogP contribution in [-0.4, -0.2) is 4.75 Å². The van der Waals surface area contributed by atoms with Crippen molar-refractivity contribution in [2.75, 3.05) is 5.73 Å². The van der Waals surface area contributed by atoms with Crippen LogP contribution in [0.15, 0.2) is 24.3 Å². The van der Waals surface area contributed by atoms with E-state index >= 15 is 0 Å². The van der Waals surface area contributed by atoms with E-state index in [1.165, 1.54) is 5.56 Å².